The smallest absolute Gasteiger partial charge is 0.160 e. The molecule has 126 valence electrons. The lowest BCUT2D eigenvalue weighted by molar-refractivity contribution is 0.425. The van der Waals surface area contributed by atoms with Crippen molar-refractivity contribution in [2.45, 2.75) is 6.92 Å². The summed E-state index contributed by atoms with van der Waals surface area (Å²) >= 11 is 0. The molecule has 0 atom stereocenters. The first kappa shape index (κ1) is 19.5. The number of benzene rings is 1. The molecule has 0 spiro atoms. The molecule has 23 heavy (non-hydrogen) atoms. The predicted octanol–water partition coefficient (Wildman–Crippen LogP) is 3.25. The maximum atomic E-state index is 4.75. The van der Waals surface area contributed by atoms with E-state index in [2.05, 4.69) is 41.5 Å². The minimum Gasteiger partial charge on any atom is -0.383 e. The molecule has 0 aliphatic rings. The Bertz CT molecular complexity index is 798. The minimum atomic E-state index is 0. The van der Waals surface area contributed by atoms with Gasteiger partial charge in [-0.2, -0.15) is 5.10 Å². The monoisotopic (exact) mass is 355 g/mol. The van der Waals surface area contributed by atoms with Crippen LogP contribution in [0.15, 0.2) is 24.3 Å². The first-order chi connectivity index (χ1) is 10.1. The Balaban J connectivity index is 0.00000132. The van der Waals surface area contributed by atoms with Crippen molar-refractivity contribution in [2.24, 2.45) is 7.05 Å². The standard InChI is InChI=1S/C16H21N5.2ClH/c1-11-14-15(17-9-10-20(2)3)12-7-5-6-8-13(12)18-16(14)21(4)19-11;;/h5-8H,9-10H2,1-4H3,(H,17,18);2*1H. The lowest BCUT2D eigenvalue weighted by Gasteiger charge is -2.14. The number of hydrogen-bond donors (Lipinski definition) is 1. The molecule has 0 radical (unpaired) electrons. The number of aromatic nitrogens is 3. The fourth-order valence-electron chi connectivity index (χ4n) is 2.69. The molecule has 1 aromatic carbocycles. The summed E-state index contributed by atoms with van der Waals surface area (Å²) in [6, 6.07) is 8.24. The van der Waals surface area contributed by atoms with Gasteiger partial charge in [0.05, 0.1) is 22.3 Å². The average molecular weight is 356 g/mol. The summed E-state index contributed by atoms with van der Waals surface area (Å²) in [4.78, 5) is 6.92. The summed E-state index contributed by atoms with van der Waals surface area (Å²) in [6.45, 7) is 3.91. The third-order valence-electron chi connectivity index (χ3n) is 3.70. The number of likely N-dealkylation sites (N-methyl/N-ethyl adjacent to an activating group) is 1. The number of hydrogen-bond acceptors (Lipinski definition) is 4. The van der Waals surface area contributed by atoms with Crippen LogP contribution in [0.5, 0.6) is 0 Å². The molecule has 0 saturated heterocycles. The zero-order valence-electron chi connectivity index (χ0n) is 13.8. The molecule has 3 rings (SSSR count). The predicted molar refractivity (Wildman–Crippen MR) is 102 cm³/mol. The minimum absolute atomic E-state index is 0. The molecule has 0 bridgehead atoms. The summed E-state index contributed by atoms with van der Waals surface area (Å²) in [6.07, 6.45) is 0. The van der Waals surface area contributed by atoms with Gasteiger partial charge in [-0.05, 0) is 27.1 Å². The molecular weight excluding hydrogens is 333 g/mol. The Hall–Kier alpha value is -1.56. The number of anilines is 1. The van der Waals surface area contributed by atoms with Crippen LogP contribution in [-0.2, 0) is 7.05 Å². The Morgan fingerprint density at radius 3 is 2.57 bits per heavy atom. The van der Waals surface area contributed by atoms with Gasteiger partial charge in [-0.3, -0.25) is 4.68 Å². The largest absolute Gasteiger partial charge is 0.383 e. The second-order valence-corrected chi connectivity index (χ2v) is 5.64. The number of rotatable bonds is 4. The number of para-hydroxylation sites is 1. The van der Waals surface area contributed by atoms with Gasteiger partial charge in [0.1, 0.15) is 0 Å². The lowest BCUT2D eigenvalue weighted by atomic mass is 10.1. The zero-order valence-corrected chi connectivity index (χ0v) is 15.5. The Morgan fingerprint density at radius 1 is 1.17 bits per heavy atom. The van der Waals surface area contributed by atoms with Crippen LogP contribution in [0.1, 0.15) is 5.69 Å². The molecule has 0 saturated carbocycles. The summed E-state index contributed by atoms with van der Waals surface area (Å²) in [5.74, 6) is 0. The highest BCUT2D eigenvalue weighted by molar-refractivity contribution is 6.07. The highest BCUT2D eigenvalue weighted by Gasteiger charge is 2.15. The highest BCUT2D eigenvalue weighted by atomic mass is 35.5. The fourth-order valence-corrected chi connectivity index (χ4v) is 2.69. The van der Waals surface area contributed by atoms with E-state index in [9.17, 15) is 0 Å². The van der Waals surface area contributed by atoms with E-state index in [1.54, 1.807) is 0 Å². The van der Waals surface area contributed by atoms with Crippen LogP contribution in [-0.4, -0.2) is 46.8 Å². The number of aryl methyl sites for hydroxylation is 2. The molecule has 0 amide bonds. The lowest BCUT2D eigenvalue weighted by Crippen LogP contribution is -2.21. The molecule has 7 heteroatoms. The van der Waals surface area contributed by atoms with Gasteiger partial charge in [0.15, 0.2) is 5.65 Å². The second-order valence-electron chi connectivity index (χ2n) is 5.64. The van der Waals surface area contributed by atoms with Gasteiger partial charge in [0, 0.05) is 25.5 Å². The second kappa shape index (κ2) is 7.81. The summed E-state index contributed by atoms with van der Waals surface area (Å²) in [5, 5.41) is 10.4. The molecule has 0 fully saturated rings. The molecule has 5 nitrogen and oxygen atoms in total. The van der Waals surface area contributed by atoms with E-state index >= 15 is 0 Å². The SMILES string of the molecule is Cc1nn(C)c2nc3ccccc3c(NCCN(C)C)c12.Cl.Cl. The van der Waals surface area contributed by atoms with Gasteiger partial charge in [-0.15, -0.1) is 24.8 Å². The maximum Gasteiger partial charge on any atom is 0.160 e. The van der Waals surface area contributed by atoms with Gasteiger partial charge in [-0.25, -0.2) is 4.98 Å². The van der Waals surface area contributed by atoms with Crippen molar-refractivity contribution in [1.29, 1.82) is 0 Å². The van der Waals surface area contributed by atoms with E-state index in [0.29, 0.717) is 0 Å². The third-order valence-corrected chi connectivity index (χ3v) is 3.70. The van der Waals surface area contributed by atoms with Crippen LogP contribution in [0, 0.1) is 6.92 Å². The van der Waals surface area contributed by atoms with Crippen molar-refractivity contribution in [1.82, 2.24) is 19.7 Å². The fraction of sp³-hybridized carbons (Fsp3) is 0.375. The average Bonchev–Trinajstić information content (AvgIpc) is 2.73. The van der Waals surface area contributed by atoms with Crippen LogP contribution in [0.25, 0.3) is 21.9 Å². The molecule has 1 N–H and O–H groups in total. The molecule has 0 aliphatic carbocycles. The van der Waals surface area contributed by atoms with E-state index in [1.807, 2.05) is 30.8 Å². The van der Waals surface area contributed by atoms with E-state index in [-0.39, 0.29) is 24.8 Å². The summed E-state index contributed by atoms with van der Waals surface area (Å²) in [7, 11) is 6.11. The van der Waals surface area contributed by atoms with Crippen molar-refractivity contribution in [3.63, 3.8) is 0 Å². The molecular formula is C16H23Cl2N5. The molecule has 2 heterocycles. The molecule has 3 aromatic rings. The Morgan fingerprint density at radius 2 is 1.87 bits per heavy atom. The van der Waals surface area contributed by atoms with Gasteiger partial charge in [0.2, 0.25) is 0 Å². The summed E-state index contributed by atoms with van der Waals surface area (Å²) < 4.78 is 1.86. The first-order valence-electron chi connectivity index (χ1n) is 7.18. The van der Waals surface area contributed by atoms with Crippen LogP contribution in [0.4, 0.5) is 5.69 Å². The zero-order chi connectivity index (χ0) is 15.0. The third kappa shape index (κ3) is 3.68. The topological polar surface area (TPSA) is 46.0 Å². The van der Waals surface area contributed by atoms with Crippen LogP contribution >= 0.6 is 24.8 Å². The van der Waals surface area contributed by atoms with Crippen molar-refractivity contribution in [3.8, 4) is 0 Å². The van der Waals surface area contributed by atoms with E-state index in [4.69, 9.17) is 4.98 Å². The van der Waals surface area contributed by atoms with E-state index < -0.39 is 0 Å². The quantitative estimate of drug-likeness (QED) is 0.780. The van der Waals surface area contributed by atoms with Gasteiger partial charge < -0.3 is 10.2 Å². The van der Waals surface area contributed by atoms with Crippen molar-refractivity contribution in [3.05, 3.63) is 30.0 Å². The number of halogens is 2. The highest BCUT2D eigenvalue weighted by Crippen LogP contribution is 2.32. The Kier molecular flexibility index (Phi) is 6.62. The van der Waals surface area contributed by atoms with Crippen LogP contribution in [0.2, 0.25) is 0 Å². The molecule has 0 unspecified atom stereocenters. The Labute approximate surface area is 148 Å². The van der Waals surface area contributed by atoms with E-state index in [1.165, 1.54) is 0 Å². The van der Waals surface area contributed by atoms with Crippen LogP contribution < -0.4 is 5.32 Å². The van der Waals surface area contributed by atoms with Crippen molar-refractivity contribution in [2.75, 3.05) is 32.5 Å². The van der Waals surface area contributed by atoms with E-state index in [0.717, 1.165) is 46.4 Å². The van der Waals surface area contributed by atoms with Gasteiger partial charge in [-0.1, -0.05) is 18.2 Å². The first-order valence-corrected chi connectivity index (χ1v) is 7.18. The molecule has 2 aromatic heterocycles. The number of nitrogens with zero attached hydrogens (tertiary/aromatic N) is 4. The molecule has 0 aliphatic heterocycles. The maximum absolute atomic E-state index is 4.75. The van der Waals surface area contributed by atoms with Crippen LogP contribution in [0.3, 0.4) is 0 Å². The van der Waals surface area contributed by atoms with Crippen molar-refractivity contribution >= 4 is 52.4 Å². The number of nitrogens with one attached hydrogen (secondary N) is 1. The van der Waals surface area contributed by atoms with Gasteiger partial charge >= 0.3 is 0 Å². The number of fused-ring (bicyclic) bond motifs is 2. The normalized spacial score (nSPS) is 10.7. The summed E-state index contributed by atoms with van der Waals surface area (Å²) in [5.41, 5.74) is 4.08. The van der Waals surface area contributed by atoms with Crippen molar-refractivity contribution < 1.29 is 0 Å². The number of pyridine rings is 1. The van der Waals surface area contributed by atoms with Gasteiger partial charge in [0.25, 0.3) is 0 Å².